The number of H-pyrrole nitrogens is 1. The zero-order valence-electron chi connectivity index (χ0n) is 11.3. The molecule has 3 N–H and O–H groups in total. The molecule has 1 unspecified atom stereocenters. The Morgan fingerprint density at radius 1 is 0.947 bits per heavy atom. The number of aryl methyl sites for hydroxylation is 2. The van der Waals surface area contributed by atoms with Gasteiger partial charge in [0.25, 0.3) is 0 Å². The lowest BCUT2D eigenvalue weighted by molar-refractivity contribution is 0.859. The van der Waals surface area contributed by atoms with Crippen molar-refractivity contribution in [3.8, 4) is 0 Å². The first kappa shape index (κ1) is 12.0. The van der Waals surface area contributed by atoms with Crippen LogP contribution in [-0.2, 0) is 0 Å². The van der Waals surface area contributed by atoms with Crippen LogP contribution in [0.2, 0.25) is 0 Å². The van der Waals surface area contributed by atoms with Gasteiger partial charge in [0.05, 0.1) is 6.04 Å². The van der Waals surface area contributed by atoms with Crippen LogP contribution < -0.4 is 5.73 Å². The van der Waals surface area contributed by atoms with Gasteiger partial charge in [-0.25, -0.2) is 0 Å². The molecule has 3 rings (SSSR count). The van der Waals surface area contributed by atoms with E-state index in [9.17, 15) is 0 Å². The van der Waals surface area contributed by atoms with Gasteiger partial charge in [-0.2, -0.15) is 0 Å². The van der Waals surface area contributed by atoms with E-state index in [1.165, 1.54) is 22.1 Å². The summed E-state index contributed by atoms with van der Waals surface area (Å²) in [6.07, 6.45) is 0. The van der Waals surface area contributed by atoms with Crippen LogP contribution in [0.15, 0.2) is 48.5 Å². The summed E-state index contributed by atoms with van der Waals surface area (Å²) in [5.41, 5.74) is 12.4. The molecule has 0 saturated heterocycles. The summed E-state index contributed by atoms with van der Waals surface area (Å²) in [5.74, 6) is 0. The monoisotopic (exact) mass is 250 g/mol. The largest absolute Gasteiger partial charge is 0.358 e. The molecule has 0 aliphatic rings. The minimum absolute atomic E-state index is 0.0858. The molecule has 0 aliphatic carbocycles. The summed E-state index contributed by atoms with van der Waals surface area (Å²) in [7, 11) is 0. The van der Waals surface area contributed by atoms with E-state index in [1.54, 1.807) is 0 Å². The van der Waals surface area contributed by atoms with Crippen LogP contribution in [0.1, 0.15) is 28.4 Å². The van der Waals surface area contributed by atoms with E-state index in [0.29, 0.717) is 0 Å². The van der Waals surface area contributed by atoms with Gasteiger partial charge in [0.1, 0.15) is 0 Å². The number of para-hydroxylation sites is 1. The van der Waals surface area contributed by atoms with Crippen molar-refractivity contribution in [2.45, 2.75) is 19.9 Å². The smallest absolute Gasteiger partial charge is 0.0578 e. The number of hydrogen-bond donors (Lipinski definition) is 2. The molecule has 0 amide bonds. The highest BCUT2D eigenvalue weighted by atomic mass is 14.7. The fourth-order valence-electron chi connectivity index (χ4n) is 2.79. The maximum absolute atomic E-state index is 6.51. The van der Waals surface area contributed by atoms with Gasteiger partial charge in [0.15, 0.2) is 0 Å². The summed E-state index contributed by atoms with van der Waals surface area (Å²) < 4.78 is 0. The summed E-state index contributed by atoms with van der Waals surface area (Å²) in [6.45, 7) is 4.20. The van der Waals surface area contributed by atoms with Gasteiger partial charge >= 0.3 is 0 Å². The molecule has 19 heavy (non-hydrogen) atoms. The molecule has 2 aromatic carbocycles. The van der Waals surface area contributed by atoms with Crippen LogP contribution in [-0.4, -0.2) is 4.98 Å². The minimum atomic E-state index is -0.0858. The zero-order chi connectivity index (χ0) is 13.4. The summed E-state index contributed by atoms with van der Waals surface area (Å²) in [5, 5.41) is 1.22. The first-order chi connectivity index (χ1) is 9.18. The average Bonchev–Trinajstić information content (AvgIpc) is 2.74. The number of nitrogens with one attached hydrogen (secondary N) is 1. The van der Waals surface area contributed by atoms with Crippen LogP contribution in [0.5, 0.6) is 0 Å². The molecule has 0 fully saturated rings. The van der Waals surface area contributed by atoms with Crippen molar-refractivity contribution in [2.24, 2.45) is 5.73 Å². The Labute approximate surface area is 113 Å². The highest BCUT2D eigenvalue weighted by Crippen LogP contribution is 2.31. The molecule has 0 bridgehead atoms. The molecule has 0 aliphatic heterocycles. The topological polar surface area (TPSA) is 41.8 Å². The van der Waals surface area contributed by atoms with Gasteiger partial charge in [0, 0.05) is 22.2 Å². The van der Waals surface area contributed by atoms with Crippen LogP contribution in [0, 0.1) is 13.8 Å². The van der Waals surface area contributed by atoms with Crippen molar-refractivity contribution >= 4 is 10.9 Å². The van der Waals surface area contributed by atoms with Gasteiger partial charge in [-0.15, -0.1) is 0 Å². The average molecular weight is 250 g/mol. The first-order valence-corrected chi connectivity index (χ1v) is 6.57. The van der Waals surface area contributed by atoms with E-state index in [-0.39, 0.29) is 6.04 Å². The standard InChI is InChI=1S/C17H18N2/c1-11-7-3-4-8-13(11)17(18)16-12(2)19-15-10-6-5-9-14(15)16/h3-10,17,19H,18H2,1-2H3. The molecule has 2 nitrogen and oxygen atoms in total. The molecule has 2 heteroatoms. The number of rotatable bonds is 2. The van der Waals surface area contributed by atoms with E-state index >= 15 is 0 Å². The number of nitrogens with two attached hydrogens (primary N) is 1. The lowest BCUT2D eigenvalue weighted by Gasteiger charge is -2.15. The van der Waals surface area contributed by atoms with Crippen molar-refractivity contribution in [3.05, 3.63) is 70.9 Å². The highest BCUT2D eigenvalue weighted by molar-refractivity contribution is 5.85. The SMILES string of the molecule is Cc1ccccc1C(N)c1c(C)[nH]c2ccccc12. The number of fused-ring (bicyclic) bond motifs is 1. The number of benzene rings is 2. The Morgan fingerprint density at radius 2 is 1.63 bits per heavy atom. The van der Waals surface area contributed by atoms with E-state index < -0.39 is 0 Å². The van der Waals surface area contributed by atoms with Crippen molar-refractivity contribution < 1.29 is 0 Å². The van der Waals surface area contributed by atoms with Gasteiger partial charge in [-0.1, -0.05) is 42.5 Å². The molecular weight excluding hydrogens is 232 g/mol. The van der Waals surface area contributed by atoms with E-state index in [4.69, 9.17) is 5.73 Å². The van der Waals surface area contributed by atoms with Gasteiger partial charge in [-0.05, 0) is 31.0 Å². The second kappa shape index (κ2) is 4.56. The first-order valence-electron chi connectivity index (χ1n) is 6.57. The lowest BCUT2D eigenvalue weighted by Crippen LogP contribution is -2.13. The maximum atomic E-state index is 6.51. The van der Waals surface area contributed by atoms with E-state index in [0.717, 1.165) is 11.2 Å². The third kappa shape index (κ3) is 1.94. The molecule has 0 radical (unpaired) electrons. The van der Waals surface area contributed by atoms with Crippen molar-refractivity contribution in [2.75, 3.05) is 0 Å². The summed E-state index contributed by atoms with van der Waals surface area (Å²) >= 11 is 0. The van der Waals surface area contributed by atoms with Gasteiger partial charge < -0.3 is 10.7 Å². The molecule has 1 atom stereocenters. The Hall–Kier alpha value is -2.06. The fraction of sp³-hybridized carbons (Fsp3) is 0.176. The minimum Gasteiger partial charge on any atom is -0.358 e. The lowest BCUT2D eigenvalue weighted by atomic mass is 9.94. The van der Waals surface area contributed by atoms with E-state index in [2.05, 4.69) is 49.2 Å². The summed E-state index contributed by atoms with van der Waals surface area (Å²) in [4.78, 5) is 3.42. The number of aromatic nitrogens is 1. The predicted octanol–water partition coefficient (Wildman–Crippen LogP) is 3.83. The molecule has 96 valence electrons. The van der Waals surface area contributed by atoms with E-state index in [1.807, 2.05) is 18.2 Å². The highest BCUT2D eigenvalue weighted by Gasteiger charge is 2.17. The Bertz CT molecular complexity index is 725. The number of aromatic amines is 1. The molecule has 3 aromatic rings. The zero-order valence-corrected chi connectivity index (χ0v) is 11.3. The van der Waals surface area contributed by atoms with Crippen LogP contribution >= 0.6 is 0 Å². The Kier molecular flexibility index (Phi) is 2.88. The Balaban J connectivity index is 2.19. The van der Waals surface area contributed by atoms with Crippen LogP contribution in [0.4, 0.5) is 0 Å². The summed E-state index contributed by atoms with van der Waals surface area (Å²) in [6, 6.07) is 16.6. The second-order valence-electron chi connectivity index (χ2n) is 5.04. The molecule has 0 saturated carbocycles. The third-order valence-electron chi connectivity index (χ3n) is 3.78. The Morgan fingerprint density at radius 3 is 2.42 bits per heavy atom. The van der Waals surface area contributed by atoms with Crippen LogP contribution in [0.3, 0.4) is 0 Å². The second-order valence-corrected chi connectivity index (χ2v) is 5.04. The molecular formula is C17H18N2. The molecule has 1 heterocycles. The normalized spacial score (nSPS) is 12.8. The fourth-order valence-corrected chi connectivity index (χ4v) is 2.79. The number of hydrogen-bond acceptors (Lipinski definition) is 1. The molecule has 1 aromatic heterocycles. The quantitative estimate of drug-likeness (QED) is 0.713. The van der Waals surface area contributed by atoms with Crippen molar-refractivity contribution in [1.82, 2.24) is 4.98 Å². The molecule has 0 spiro atoms. The van der Waals surface area contributed by atoms with Gasteiger partial charge in [0.2, 0.25) is 0 Å². The van der Waals surface area contributed by atoms with Gasteiger partial charge in [-0.3, -0.25) is 0 Å². The van der Waals surface area contributed by atoms with Crippen LogP contribution in [0.25, 0.3) is 10.9 Å². The maximum Gasteiger partial charge on any atom is 0.0578 e. The predicted molar refractivity (Wildman–Crippen MR) is 80.2 cm³/mol. The van der Waals surface area contributed by atoms with Crippen molar-refractivity contribution in [1.29, 1.82) is 0 Å². The third-order valence-corrected chi connectivity index (χ3v) is 3.78. The van der Waals surface area contributed by atoms with Crippen molar-refractivity contribution in [3.63, 3.8) is 0 Å².